The van der Waals surface area contributed by atoms with E-state index >= 15 is 0 Å². The molecule has 0 bridgehead atoms. The number of hydrogen-bond donors (Lipinski definition) is 1. The van der Waals surface area contributed by atoms with Crippen LogP contribution in [0.5, 0.6) is 0 Å². The van der Waals surface area contributed by atoms with Gasteiger partial charge in [-0.05, 0) is 46.6 Å². The highest BCUT2D eigenvalue weighted by atomic mass is 127. The molecule has 1 aliphatic rings. The Bertz CT molecular complexity index is 409. The maximum absolute atomic E-state index is 11.8. The fraction of sp³-hybridized carbons (Fsp3) is 0.600. The molecule has 0 unspecified atom stereocenters. The number of rotatable bonds is 3. The standard InChI is InChI=1S/C10H13IN2OS/c11-8-4-12-7-13(9(8)14)5-10(6-15)2-1-3-10/h4,7,15H,1-3,5-6H2. The average Bonchev–Trinajstić information content (AvgIpc) is 2.18. The summed E-state index contributed by atoms with van der Waals surface area (Å²) in [6, 6.07) is 0. The zero-order valence-corrected chi connectivity index (χ0v) is 11.4. The van der Waals surface area contributed by atoms with Crippen LogP contribution in [0.25, 0.3) is 0 Å². The zero-order valence-electron chi connectivity index (χ0n) is 8.32. The summed E-state index contributed by atoms with van der Waals surface area (Å²) in [5, 5.41) is 0. The van der Waals surface area contributed by atoms with Crippen molar-refractivity contribution in [3.63, 3.8) is 0 Å². The van der Waals surface area contributed by atoms with Crippen LogP contribution < -0.4 is 5.56 Å². The fourth-order valence-electron chi connectivity index (χ4n) is 1.94. The summed E-state index contributed by atoms with van der Waals surface area (Å²) in [5.74, 6) is 0.852. The van der Waals surface area contributed by atoms with Crippen LogP contribution in [0.1, 0.15) is 19.3 Å². The minimum absolute atomic E-state index is 0.0682. The Hall–Kier alpha value is -0.0400. The van der Waals surface area contributed by atoms with E-state index < -0.39 is 0 Å². The van der Waals surface area contributed by atoms with Crippen LogP contribution in [0.4, 0.5) is 0 Å². The molecule has 1 heterocycles. The van der Waals surface area contributed by atoms with E-state index in [1.165, 1.54) is 19.3 Å². The van der Waals surface area contributed by atoms with Crippen LogP contribution in [0.2, 0.25) is 0 Å². The zero-order chi connectivity index (χ0) is 10.9. The van der Waals surface area contributed by atoms with Gasteiger partial charge in [0.25, 0.3) is 5.56 Å². The topological polar surface area (TPSA) is 34.9 Å². The normalized spacial score (nSPS) is 18.5. The van der Waals surface area contributed by atoms with Crippen molar-refractivity contribution < 1.29 is 0 Å². The number of aromatic nitrogens is 2. The van der Waals surface area contributed by atoms with Crippen molar-refractivity contribution in [2.75, 3.05) is 5.75 Å². The summed E-state index contributed by atoms with van der Waals surface area (Å²) in [4.78, 5) is 15.8. The molecule has 15 heavy (non-hydrogen) atoms. The highest BCUT2D eigenvalue weighted by Gasteiger charge is 2.36. The van der Waals surface area contributed by atoms with Crippen LogP contribution in [0.3, 0.4) is 0 Å². The van der Waals surface area contributed by atoms with Crippen molar-refractivity contribution in [3.05, 3.63) is 26.4 Å². The van der Waals surface area contributed by atoms with Gasteiger partial charge in [-0.1, -0.05) is 6.42 Å². The summed E-state index contributed by atoms with van der Waals surface area (Å²) < 4.78 is 2.40. The Labute approximate surface area is 108 Å². The van der Waals surface area contributed by atoms with Gasteiger partial charge in [0.1, 0.15) is 0 Å². The largest absolute Gasteiger partial charge is 0.298 e. The molecule has 0 spiro atoms. The molecular formula is C10H13IN2OS. The summed E-state index contributed by atoms with van der Waals surface area (Å²) in [6.45, 7) is 0.763. The third kappa shape index (κ3) is 2.22. The number of thiol groups is 1. The molecule has 1 aromatic heterocycles. The van der Waals surface area contributed by atoms with E-state index in [-0.39, 0.29) is 11.0 Å². The van der Waals surface area contributed by atoms with Crippen molar-refractivity contribution in [3.8, 4) is 0 Å². The van der Waals surface area contributed by atoms with E-state index in [0.29, 0.717) is 3.57 Å². The summed E-state index contributed by atoms with van der Waals surface area (Å²) in [6.07, 6.45) is 6.84. The second-order valence-corrected chi connectivity index (χ2v) is 5.66. The Balaban J connectivity index is 2.24. The van der Waals surface area contributed by atoms with Gasteiger partial charge in [-0.25, -0.2) is 4.98 Å². The van der Waals surface area contributed by atoms with Crippen LogP contribution >= 0.6 is 35.2 Å². The van der Waals surface area contributed by atoms with Crippen molar-refractivity contribution in [2.24, 2.45) is 5.41 Å². The molecule has 1 fully saturated rings. The minimum atomic E-state index is 0.0682. The molecule has 1 aromatic rings. The molecule has 82 valence electrons. The third-order valence-corrected chi connectivity index (χ3v) is 4.53. The van der Waals surface area contributed by atoms with Gasteiger partial charge in [0.2, 0.25) is 0 Å². The molecule has 0 atom stereocenters. The van der Waals surface area contributed by atoms with Crippen LogP contribution in [-0.2, 0) is 6.54 Å². The molecule has 0 aliphatic heterocycles. The van der Waals surface area contributed by atoms with E-state index in [9.17, 15) is 4.79 Å². The second kappa shape index (κ2) is 4.45. The highest BCUT2D eigenvalue weighted by Crippen LogP contribution is 2.42. The molecular weight excluding hydrogens is 323 g/mol. The second-order valence-electron chi connectivity index (χ2n) is 4.19. The van der Waals surface area contributed by atoms with Crippen molar-refractivity contribution >= 4 is 35.2 Å². The molecule has 0 aromatic carbocycles. The first-order valence-corrected chi connectivity index (χ1v) is 6.69. The van der Waals surface area contributed by atoms with Gasteiger partial charge >= 0.3 is 0 Å². The molecule has 1 aliphatic carbocycles. The van der Waals surface area contributed by atoms with E-state index in [2.05, 4.69) is 17.6 Å². The Morgan fingerprint density at radius 3 is 2.87 bits per heavy atom. The maximum atomic E-state index is 11.8. The lowest BCUT2D eigenvalue weighted by molar-refractivity contribution is 0.136. The molecule has 2 rings (SSSR count). The molecule has 1 saturated carbocycles. The van der Waals surface area contributed by atoms with E-state index in [1.807, 2.05) is 22.6 Å². The van der Waals surface area contributed by atoms with Crippen LogP contribution in [0, 0.1) is 8.99 Å². The molecule has 0 radical (unpaired) electrons. The summed E-state index contributed by atoms with van der Waals surface area (Å²) in [7, 11) is 0. The van der Waals surface area contributed by atoms with Gasteiger partial charge in [0.15, 0.2) is 0 Å². The predicted octanol–water partition coefficient (Wildman–Crippen LogP) is 1.95. The fourth-order valence-corrected chi connectivity index (χ4v) is 2.83. The monoisotopic (exact) mass is 336 g/mol. The predicted molar refractivity (Wildman–Crippen MR) is 71.4 cm³/mol. The number of nitrogens with zero attached hydrogens (tertiary/aromatic N) is 2. The smallest absolute Gasteiger partial charge is 0.266 e. The lowest BCUT2D eigenvalue weighted by atomic mass is 9.70. The molecule has 0 N–H and O–H groups in total. The Kier molecular flexibility index (Phi) is 3.39. The van der Waals surface area contributed by atoms with Crippen LogP contribution in [0.15, 0.2) is 17.3 Å². The average molecular weight is 336 g/mol. The van der Waals surface area contributed by atoms with Gasteiger partial charge in [-0.2, -0.15) is 12.6 Å². The summed E-state index contributed by atoms with van der Waals surface area (Å²) >= 11 is 6.41. The SMILES string of the molecule is O=c1c(I)cncn1CC1(CS)CCC1. The summed E-state index contributed by atoms with van der Waals surface area (Å²) in [5.41, 5.74) is 0.303. The van der Waals surface area contributed by atoms with Crippen molar-refractivity contribution in [1.29, 1.82) is 0 Å². The molecule has 0 amide bonds. The lowest BCUT2D eigenvalue weighted by Gasteiger charge is -2.41. The van der Waals surface area contributed by atoms with Crippen molar-refractivity contribution in [1.82, 2.24) is 9.55 Å². The van der Waals surface area contributed by atoms with Gasteiger partial charge in [0.05, 0.1) is 9.90 Å². The van der Waals surface area contributed by atoms with Crippen LogP contribution in [-0.4, -0.2) is 15.3 Å². The van der Waals surface area contributed by atoms with E-state index in [0.717, 1.165) is 12.3 Å². The van der Waals surface area contributed by atoms with Gasteiger partial charge < -0.3 is 0 Å². The van der Waals surface area contributed by atoms with Gasteiger partial charge in [-0.15, -0.1) is 0 Å². The van der Waals surface area contributed by atoms with Crippen molar-refractivity contribution in [2.45, 2.75) is 25.8 Å². The van der Waals surface area contributed by atoms with E-state index in [4.69, 9.17) is 0 Å². The molecule has 5 heteroatoms. The van der Waals surface area contributed by atoms with Gasteiger partial charge in [0, 0.05) is 12.7 Å². The Morgan fingerprint density at radius 1 is 1.60 bits per heavy atom. The highest BCUT2D eigenvalue weighted by molar-refractivity contribution is 14.1. The Morgan fingerprint density at radius 2 is 2.33 bits per heavy atom. The minimum Gasteiger partial charge on any atom is -0.298 e. The number of hydrogen-bond acceptors (Lipinski definition) is 3. The lowest BCUT2D eigenvalue weighted by Crippen LogP contribution is -2.39. The first-order chi connectivity index (χ1) is 7.17. The molecule has 0 saturated heterocycles. The molecule has 3 nitrogen and oxygen atoms in total. The quantitative estimate of drug-likeness (QED) is 0.676. The third-order valence-electron chi connectivity index (χ3n) is 3.11. The first kappa shape index (κ1) is 11.4. The maximum Gasteiger partial charge on any atom is 0.266 e. The van der Waals surface area contributed by atoms with Gasteiger partial charge in [-0.3, -0.25) is 9.36 Å². The first-order valence-electron chi connectivity index (χ1n) is 4.98. The number of halogens is 1. The van der Waals surface area contributed by atoms with E-state index in [1.54, 1.807) is 17.1 Å².